The van der Waals surface area contributed by atoms with Crippen LogP contribution in [0.5, 0.6) is 5.75 Å². The van der Waals surface area contributed by atoms with Crippen LogP contribution in [-0.4, -0.2) is 18.7 Å². The van der Waals surface area contributed by atoms with Crippen molar-refractivity contribution in [2.24, 2.45) is 5.92 Å². The minimum absolute atomic E-state index is 0.0406. The SMILES string of the molecule is COc1ccc(C2C[C@H](C#N)CCO2)c2nc(C)oc12. The summed E-state index contributed by atoms with van der Waals surface area (Å²) in [6.07, 6.45) is 1.39. The van der Waals surface area contributed by atoms with Gasteiger partial charge < -0.3 is 13.9 Å². The smallest absolute Gasteiger partial charge is 0.196 e. The molecule has 2 aromatic rings. The van der Waals surface area contributed by atoms with Crippen molar-refractivity contribution in [2.45, 2.75) is 25.9 Å². The zero-order valence-corrected chi connectivity index (χ0v) is 11.5. The first-order chi connectivity index (χ1) is 9.72. The van der Waals surface area contributed by atoms with E-state index in [1.54, 1.807) is 7.11 Å². The second-order valence-electron chi connectivity index (χ2n) is 4.98. The quantitative estimate of drug-likeness (QED) is 0.840. The maximum absolute atomic E-state index is 9.10. The molecule has 5 heteroatoms. The number of fused-ring (bicyclic) bond motifs is 1. The van der Waals surface area contributed by atoms with Crippen molar-refractivity contribution in [1.29, 1.82) is 5.26 Å². The minimum atomic E-state index is -0.105. The Labute approximate surface area is 117 Å². The fourth-order valence-electron chi connectivity index (χ4n) is 2.66. The molecule has 1 aromatic heterocycles. The molecule has 1 aliphatic heterocycles. The number of benzene rings is 1. The van der Waals surface area contributed by atoms with Gasteiger partial charge in [-0.05, 0) is 18.9 Å². The van der Waals surface area contributed by atoms with Crippen LogP contribution in [-0.2, 0) is 4.74 Å². The number of nitrogens with zero attached hydrogens (tertiary/aromatic N) is 2. The third-order valence-corrected chi connectivity index (χ3v) is 3.68. The molecule has 104 valence electrons. The Bertz CT molecular complexity index is 672. The van der Waals surface area contributed by atoms with Gasteiger partial charge >= 0.3 is 0 Å². The van der Waals surface area contributed by atoms with Crippen molar-refractivity contribution in [3.8, 4) is 11.8 Å². The van der Waals surface area contributed by atoms with Gasteiger partial charge in [-0.3, -0.25) is 0 Å². The Morgan fingerprint density at radius 1 is 1.45 bits per heavy atom. The lowest BCUT2D eigenvalue weighted by molar-refractivity contribution is 0.00146. The summed E-state index contributed by atoms with van der Waals surface area (Å²) in [4.78, 5) is 4.44. The second-order valence-corrected chi connectivity index (χ2v) is 4.98. The summed E-state index contributed by atoms with van der Waals surface area (Å²) in [7, 11) is 1.61. The van der Waals surface area contributed by atoms with E-state index in [-0.39, 0.29) is 12.0 Å². The number of hydrogen-bond acceptors (Lipinski definition) is 5. The number of aryl methyl sites for hydroxylation is 1. The van der Waals surface area contributed by atoms with Crippen molar-refractivity contribution in [1.82, 2.24) is 4.98 Å². The third kappa shape index (κ3) is 2.12. The summed E-state index contributed by atoms with van der Waals surface area (Å²) >= 11 is 0. The molecule has 1 unspecified atom stereocenters. The van der Waals surface area contributed by atoms with Crippen LogP contribution in [0.1, 0.15) is 30.4 Å². The van der Waals surface area contributed by atoms with Gasteiger partial charge in [0.15, 0.2) is 17.2 Å². The summed E-state index contributed by atoms with van der Waals surface area (Å²) in [5.74, 6) is 1.30. The Balaban J connectivity index is 2.06. The Morgan fingerprint density at radius 3 is 3.05 bits per heavy atom. The standard InChI is InChI=1S/C15H16N2O3/c1-9-17-14-11(3-4-12(18-2)15(14)20-9)13-7-10(8-16)5-6-19-13/h3-4,10,13H,5-7H2,1-2H3/t10-,13?/m1/s1. The highest BCUT2D eigenvalue weighted by Gasteiger charge is 2.27. The summed E-state index contributed by atoms with van der Waals surface area (Å²) in [5.41, 5.74) is 2.38. The maximum Gasteiger partial charge on any atom is 0.196 e. The van der Waals surface area contributed by atoms with Crippen molar-refractivity contribution in [3.05, 3.63) is 23.6 Å². The summed E-state index contributed by atoms with van der Waals surface area (Å²) < 4.78 is 16.7. The van der Waals surface area contributed by atoms with Crippen LogP contribution < -0.4 is 4.74 Å². The molecule has 0 bridgehead atoms. The van der Waals surface area contributed by atoms with E-state index in [1.165, 1.54) is 0 Å². The largest absolute Gasteiger partial charge is 0.493 e. The van der Waals surface area contributed by atoms with E-state index in [9.17, 15) is 0 Å². The molecule has 20 heavy (non-hydrogen) atoms. The average molecular weight is 272 g/mol. The summed E-state index contributed by atoms with van der Waals surface area (Å²) in [6, 6.07) is 6.15. The molecule has 1 saturated heterocycles. The molecule has 2 atom stereocenters. The topological polar surface area (TPSA) is 68.3 Å². The molecule has 0 amide bonds. The lowest BCUT2D eigenvalue weighted by Gasteiger charge is -2.26. The Hall–Kier alpha value is -2.06. The molecule has 3 rings (SSSR count). The number of oxazole rings is 1. The first kappa shape index (κ1) is 12.9. The number of rotatable bonds is 2. The van der Waals surface area contributed by atoms with E-state index >= 15 is 0 Å². The summed E-state index contributed by atoms with van der Waals surface area (Å²) in [5, 5.41) is 9.10. The number of hydrogen-bond donors (Lipinski definition) is 0. The van der Waals surface area contributed by atoms with Crippen molar-refractivity contribution < 1.29 is 13.9 Å². The molecule has 0 radical (unpaired) electrons. The molecule has 0 spiro atoms. The van der Waals surface area contributed by atoms with Gasteiger partial charge in [-0.15, -0.1) is 0 Å². The van der Waals surface area contributed by atoms with E-state index in [0.29, 0.717) is 30.3 Å². The maximum atomic E-state index is 9.10. The van der Waals surface area contributed by atoms with Gasteiger partial charge in [0.1, 0.15) is 5.52 Å². The second kappa shape index (κ2) is 5.14. The first-order valence-electron chi connectivity index (χ1n) is 6.68. The third-order valence-electron chi connectivity index (χ3n) is 3.68. The zero-order valence-electron chi connectivity index (χ0n) is 11.5. The van der Waals surface area contributed by atoms with Gasteiger partial charge in [-0.1, -0.05) is 6.07 Å². The van der Waals surface area contributed by atoms with Gasteiger partial charge in [-0.25, -0.2) is 4.98 Å². The Kier molecular flexibility index (Phi) is 3.33. The average Bonchev–Trinajstić information content (AvgIpc) is 2.87. The molecular weight excluding hydrogens is 256 g/mol. The minimum Gasteiger partial charge on any atom is -0.493 e. The molecule has 0 saturated carbocycles. The molecule has 1 fully saturated rings. The molecule has 2 heterocycles. The van der Waals surface area contributed by atoms with E-state index in [0.717, 1.165) is 17.5 Å². The normalized spacial score (nSPS) is 22.6. The number of nitriles is 1. The van der Waals surface area contributed by atoms with Crippen LogP contribution in [0.4, 0.5) is 0 Å². The van der Waals surface area contributed by atoms with Crippen LogP contribution in [0.15, 0.2) is 16.5 Å². The van der Waals surface area contributed by atoms with E-state index < -0.39 is 0 Å². The van der Waals surface area contributed by atoms with Crippen molar-refractivity contribution in [2.75, 3.05) is 13.7 Å². The lowest BCUT2D eigenvalue weighted by atomic mass is 9.92. The van der Waals surface area contributed by atoms with Crippen molar-refractivity contribution in [3.63, 3.8) is 0 Å². The molecule has 1 aromatic carbocycles. The molecule has 5 nitrogen and oxygen atoms in total. The molecule has 0 N–H and O–H groups in total. The van der Waals surface area contributed by atoms with Gasteiger partial charge in [0, 0.05) is 19.1 Å². The van der Waals surface area contributed by atoms with Gasteiger partial charge in [-0.2, -0.15) is 5.26 Å². The Morgan fingerprint density at radius 2 is 2.30 bits per heavy atom. The van der Waals surface area contributed by atoms with Crippen LogP contribution in [0, 0.1) is 24.2 Å². The predicted octanol–water partition coefficient (Wildman–Crippen LogP) is 3.14. The van der Waals surface area contributed by atoms with Gasteiger partial charge in [0.05, 0.1) is 25.2 Å². The van der Waals surface area contributed by atoms with Crippen LogP contribution >= 0.6 is 0 Å². The molecule has 1 aliphatic rings. The monoisotopic (exact) mass is 272 g/mol. The fraction of sp³-hybridized carbons (Fsp3) is 0.467. The highest BCUT2D eigenvalue weighted by atomic mass is 16.5. The zero-order chi connectivity index (χ0) is 14.1. The van der Waals surface area contributed by atoms with Crippen LogP contribution in [0.2, 0.25) is 0 Å². The van der Waals surface area contributed by atoms with E-state index in [1.807, 2.05) is 19.1 Å². The number of methoxy groups -OCH3 is 1. The predicted molar refractivity (Wildman–Crippen MR) is 72.3 cm³/mol. The van der Waals surface area contributed by atoms with E-state index in [2.05, 4.69) is 11.1 Å². The van der Waals surface area contributed by atoms with E-state index in [4.69, 9.17) is 19.2 Å². The van der Waals surface area contributed by atoms with Crippen LogP contribution in [0.3, 0.4) is 0 Å². The summed E-state index contributed by atoms with van der Waals surface area (Å²) in [6.45, 7) is 2.41. The number of aromatic nitrogens is 1. The molecule has 0 aliphatic carbocycles. The number of ether oxygens (including phenoxy) is 2. The lowest BCUT2D eigenvalue weighted by Crippen LogP contribution is -2.19. The van der Waals surface area contributed by atoms with Gasteiger partial charge in [0.2, 0.25) is 0 Å². The van der Waals surface area contributed by atoms with Crippen molar-refractivity contribution >= 4 is 11.1 Å². The fourth-order valence-corrected chi connectivity index (χ4v) is 2.66. The highest BCUT2D eigenvalue weighted by molar-refractivity contribution is 5.83. The van der Waals surface area contributed by atoms with Gasteiger partial charge in [0.25, 0.3) is 0 Å². The molecular formula is C15H16N2O3. The first-order valence-corrected chi connectivity index (χ1v) is 6.68. The highest BCUT2D eigenvalue weighted by Crippen LogP contribution is 2.38. The van der Waals surface area contributed by atoms with Crippen LogP contribution in [0.25, 0.3) is 11.1 Å².